The summed E-state index contributed by atoms with van der Waals surface area (Å²) in [7, 11) is 0. The zero-order valence-electron chi connectivity index (χ0n) is 19.3. The van der Waals surface area contributed by atoms with Crippen LogP contribution in [0.25, 0.3) is 11.0 Å². The number of pyridine rings is 1. The van der Waals surface area contributed by atoms with Crippen molar-refractivity contribution < 1.29 is 13.6 Å². The van der Waals surface area contributed by atoms with Crippen molar-refractivity contribution in [2.45, 2.75) is 54.1 Å². The van der Waals surface area contributed by atoms with Crippen molar-refractivity contribution in [3.05, 3.63) is 69.8 Å². The van der Waals surface area contributed by atoms with E-state index in [2.05, 4.69) is 26.6 Å². The first-order valence-corrected chi connectivity index (χ1v) is 10.7. The summed E-state index contributed by atoms with van der Waals surface area (Å²) in [6.07, 6.45) is -2.65. The number of amides is 1. The maximum atomic E-state index is 13.5. The molecule has 0 fully saturated rings. The molecule has 0 saturated heterocycles. The van der Waals surface area contributed by atoms with Crippen LogP contribution in [0.15, 0.2) is 30.3 Å². The van der Waals surface area contributed by atoms with Crippen molar-refractivity contribution >= 4 is 22.6 Å². The van der Waals surface area contributed by atoms with E-state index in [1.54, 1.807) is 13.8 Å². The van der Waals surface area contributed by atoms with Gasteiger partial charge in [-0.25, -0.2) is 18.4 Å². The second-order valence-corrected chi connectivity index (χ2v) is 8.34. The number of hydrogen-bond acceptors (Lipinski definition) is 4. The second kappa shape index (κ2) is 8.73. The van der Waals surface area contributed by atoms with E-state index in [-0.39, 0.29) is 23.7 Å². The van der Waals surface area contributed by atoms with Crippen LogP contribution < -0.4 is 5.32 Å². The van der Waals surface area contributed by atoms with Gasteiger partial charge in [0.15, 0.2) is 5.65 Å². The molecule has 0 radical (unpaired) electrons. The molecule has 9 heteroatoms. The molecule has 3 heterocycles. The Morgan fingerprint density at radius 2 is 1.76 bits per heavy atom. The Morgan fingerprint density at radius 1 is 1.03 bits per heavy atom. The van der Waals surface area contributed by atoms with E-state index >= 15 is 0 Å². The van der Waals surface area contributed by atoms with E-state index in [1.165, 1.54) is 16.3 Å². The number of alkyl halides is 2. The minimum absolute atomic E-state index is 0.120. The average molecular weight is 453 g/mol. The van der Waals surface area contributed by atoms with Crippen molar-refractivity contribution in [3.8, 4) is 0 Å². The zero-order chi connectivity index (χ0) is 23.9. The van der Waals surface area contributed by atoms with Crippen molar-refractivity contribution in [3.63, 3.8) is 0 Å². The van der Waals surface area contributed by atoms with Gasteiger partial charge in [-0.2, -0.15) is 10.2 Å². The van der Waals surface area contributed by atoms with Gasteiger partial charge in [-0.1, -0.05) is 29.8 Å². The minimum atomic E-state index is -2.65. The van der Waals surface area contributed by atoms with Crippen molar-refractivity contribution in [1.82, 2.24) is 24.5 Å². The highest BCUT2D eigenvalue weighted by atomic mass is 19.3. The lowest BCUT2D eigenvalue weighted by molar-refractivity contribution is -0.116. The summed E-state index contributed by atoms with van der Waals surface area (Å²) < 4.78 is 30.3. The highest BCUT2D eigenvalue weighted by molar-refractivity contribution is 5.93. The number of nitrogens with one attached hydrogen (secondary N) is 1. The summed E-state index contributed by atoms with van der Waals surface area (Å²) >= 11 is 0. The van der Waals surface area contributed by atoms with Crippen LogP contribution in [-0.4, -0.2) is 30.5 Å². The Morgan fingerprint density at radius 3 is 2.45 bits per heavy atom. The summed E-state index contributed by atoms with van der Waals surface area (Å²) in [5.41, 5.74) is 5.48. The van der Waals surface area contributed by atoms with Crippen LogP contribution in [0.4, 0.5) is 14.5 Å². The molecule has 0 aliphatic rings. The topological polar surface area (TPSA) is 77.6 Å². The molecule has 0 spiro atoms. The van der Waals surface area contributed by atoms with Gasteiger partial charge in [-0.15, -0.1) is 0 Å². The Balaban J connectivity index is 1.58. The molecular weight excluding hydrogens is 426 g/mol. The third kappa shape index (κ3) is 4.48. The number of fused-ring (bicyclic) bond motifs is 1. The number of aryl methyl sites for hydroxylation is 4. The molecule has 33 heavy (non-hydrogen) atoms. The highest BCUT2D eigenvalue weighted by Gasteiger charge is 2.21. The molecule has 4 rings (SSSR count). The third-order valence-corrected chi connectivity index (χ3v) is 5.63. The lowest BCUT2D eigenvalue weighted by Crippen LogP contribution is -2.20. The van der Waals surface area contributed by atoms with Crippen LogP contribution in [-0.2, 0) is 17.9 Å². The number of carbonyl (C=O) groups excluding carboxylic acids is 1. The molecule has 0 unspecified atom stereocenters. The van der Waals surface area contributed by atoms with Gasteiger partial charge in [0.1, 0.15) is 6.54 Å². The summed E-state index contributed by atoms with van der Waals surface area (Å²) in [6.45, 7) is 9.51. The standard InChI is InChI=1S/C24H26F2N6O/c1-13-7-6-8-18(9-13)11-31-17(5)22(16(4)30-31)28-20(33)12-32-24-21(15(3)29-32)19(23(25)26)10-14(2)27-24/h6-10,23H,11-12H2,1-5H3,(H,28,33). The third-order valence-electron chi connectivity index (χ3n) is 5.63. The predicted molar refractivity (Wildman–Crippen MR) is 123 cm³/mol. The van der Waals surface area contributed by atoms with E-state index < -0.39 is 6.43 Å². The van der Waals surface area contributed by atoms with Crippen LogP contribution >= 0.6 is 0 Å². The van der Waals surface area contributed by atoms with Crippen LogP contribution in [0, 0.1) is 34.6 Å². The fourth-order valence-electron chi connectivity index (χ4n) is 4.13. The summed E-state index contributed by atoms with van der Waals surface area (Å²) in [6, 6.07) is 9.54. The van der Waals surface area contributed by atoms with Gasteiger partial charge in [0, 0.05) is 11.3 Å². The Bertz CT molecular complexity index is 1350. The lowest BCUT2D eigenvalue weighted by atomic mass is 10.1. The summed E-state index contributed by atoms with van der Waals surface area (Å²) in [5, 5.41) is 12.1. The summed E-state index contributed by atoms with van der Waals surface area (Å²) in [4.78, 5) is 17.2. The van der Waals surface area contributed by atoms with E-state index in [0.29, 0.717) is 34.7 Å². The maximum absolute atomic E-state index is 13.5. The molecule has 1 N–H and O–H groups in total. The smallest absolute Gasteiger partial charge is 0.264 e. The molecule has 0 aliphatic heterocycles. The number of rotatable bonds is 6. The molecule has 4 aromatic rings. The molecule has 3 aromatic heterocycles. The minimum Gasteiger partial charge on any atom is -0.321 e. The monoisotopic (exact) mass is 452 g/mol. The van der Waals surface area contributed by atoms with Crippen molar-refractivity contribution in [1.29, 1.82) is 0 Å². The normalized spacial score (nSPS) is 11.5. The molecule has 0 aliphatic carbocycles. The maximum Gasteiger partial charge on any atom is 0.264 e. The van der Waals surface area contributed by atoms with Gasteiger partial charge in [-0.3, -0.25) is 9.48 Å². The molecule has 0 saturated carbocycles. The fourth-order valence-corrected chi connectivity index (χ4v) is 4.13. The van der Waals surface area contributed by atoms with Gasteiger partial charge in [-0.05, 0) is 46.2 Å². The molecule has 172 valence electrons. The molecular formula is C24H26F2N6O. The SMILES string of the molecule is Cc1cccc(Cn2nc(C)c(NC(=O)Cn3nc(C)c4c(C(F)F)cc(C)nc43)c2C)c1. The zero-order valence-corrected chi connectivity index (χ0v) is 19.3. The largest absolute Gasteiger partial charge is 0.321 e. The van der Waals surface area contributed by atoms with Crippen LogP contribution in [0.3, 0.4) is 0 Å². The Hall–Kier alpha value is -3.62. The van der Waals surface area contributed by atoms with E-state index in [4.69, 9.17) is 0 Å². The Labute approximate surface area is 190 Å². The number of benzene rings is 1. The predicted octanol–water partition coefficient (Wildman–Crippen LogP) is 4.79. The fraction of sp³-hybridized carbons (Fsp3) is 0.333. The number of anilines is 1. The molecule has 0 bridgehead atoms. The number of hydrogen-bond donors (Lipinski definition) is 1. The van der Waals surface area contributed by atoms with Gasteiger partial charge in [0.2, 0.25) is 5.91 Å². The van der Waals surface area contributed by atoms with Crippen molar-refractivity contribution in [2.24, 2.45) is 0 Å². The number of nitrogens with zero attached hydrogens (tertiary/aromatic N) is 5. The van der Waals surface area contributed by atoms with Gasteiger partial charge in [0.05, 0.1) is 34.7 Å². The number of aromatic nitrogens is 5. The average Bonchev–Trinajstić information content (AvgIpc) is 3.18. The lowest BCUT2D eigenvalue weighted by Gasteiger charge is -2.09. The first-order valence-electron chi connectivity index (χ1n) is 10.7. The van der Waals surface area contributed by atoms with Gasteiger partial charge < -0.3 is 5.32 Å². The Kier molecular flexibility index (Phi) is 5.97. The number of carbonyl (C=O) groups is 1. The first kappa shape index (κ1) is 22.6. The van der Waals surface area contributed by atoms with Crippen LogP contribution in [0.5, 0.6) is 0 Å². The second-order valence-electron chi connectivity index (χ2n) is 8.34. The first-order chi connectivity index (χ1) is 15.6. The molecule has 1 aromatic carbocycles. The van der Waals surface area contributed by atoms with Crippen LogP contribution in [0.2, 0.25) is 0 Å². The molecule has 7 nitrogen and oxygen atoms in total. The number of halogens is 2. The quantitative estimate of drug-likeness (QED) is 0.456. The van der Waals surface area contributed by atoms with Gasteiger partial charge in [0.25, 0.3) is 6.43 Å². The molecule has 1 amide bonds. The summed E-state index contributed by atoms with van der Waals surface area (Å²) in [5.74, 6) is -0.331. The van der Waals surface area contributed by atoms with E-state index in [9.17, 15) is 13.6 Å². The van der Waals surface area contributed by atoms with Crippen molar-refractivity contribution in [2.75, 3.05) is 5.32 Å². The highest BCUT2D eigenvalue weighted by Crippen LogP contribution is 2.30. The van der Waals surface area contributed by atoms with E-state index in [0.717, 1.165) is 11.3 Å². The molecule has 0 atom stereocenters. The van der Waals surface area contributed by atoms with Crippen LogP contribution in [0.1, 0.15) is 45.9 Å². The van der Waals surface area contributed by atoms with E-state index in [1.807, 2.05) is 43.7 Å². The van der Waals surface area contributed by atoms with Gasteiger partial charge >= 0.3 is 0 Å².